The Bertz CT molecular complexity index is 1270. The second-order valence-corrected chi connectivity index (χ2v) is 8.18. The van der Waals surface area contributed by atoms with Crippen LogP contribution in [-0.2, 0) is 0 Å². The average Bonchev–Trinajstić information content (AvgIpc) is 3.37. The number of rotatable bonds is 7. The van der Waals surface area contributed by atoms with Crippen molar-refractivity contribution in [1.29, 1.82) is 0 Å². The quantitative estimate of drug-likeness (QED) is 0.477. The highest BCUT2D eigenvalue weighted by atomic mass is 16.5. The van der Waals surface area contributed by atoms with Gasteiger partial charge in [-0.05, 0) is 42.5 Å². The Labute approximate surface area is 204 Å². The fourth-order valence-electron chi connectivity index (χ4n) is 4.66. The molecule has 0 aliphatic carbocycles. The molecule has 2 aliphatic rings. The Morgan fingerprint density at radius 1 is 0.743 bits per heavy atom. The molecule has 0 aromatic heterocycles. The van der Waals surface area contributed by atoms with Gasteiger partial charge in [-0.2, -0.15) is 5.10 Å². The number of hydrogen-bond acceptors (Lipinski definition) is 8. The number of hydrazone groups is 1. The molecule has 3 aromatic carbocycles. The molecule has 3 aromatic rings. The number of methoxy groups -OCH3 is 5. The summed E-state index contributed by atoms with van der Waals surface area (Å²) in [6.45, 7) is 0. The fourth-order valence-corrected chi connectivity index (χ4v) is 4.66. The van der Waals surface area contributed by atoms with Crippen LogP contribution in [0, 0.1) is 0 Å². The minimum absolute atomic E-state index is 0.0324. The van der Waals surface area contributed by atoms with E-state index >= 15 is 0 Å². The van der Waals surface area contributed by atoms with Crippen LogP contribution in [0.5, 0.6) is 34.5 Å². The first-order chi connectivity index (χ1) is 17.1. The molecule has 0 saturated carbocycles. The second kappa shape index (κ2) is 9.29. The van der Waals surface area contributed by atoms with Gasteiger partial charge in [-0.15, -0.1) is 0 Å². The second-order valence-electron chi connectivity index (χ2n) is 8.18. The normalized spacial score (nSPS) is 18.1. The van der Waals surface area contributed by atoms with Crippen LogP contribution in [-0.4, -0.2) is 46.3 Å². The molecule has 0 amide bonds. The standard InChI is InChI=1S/C27H28N2O6/c1-30-21-11-9-16(13-24(21)33-4)19-15-20-18-7-6-8-23(32-3)26(18)35-27(29(20)28-19)17-10-12-22(31-2)25(14-17)34-5/h6-14,20,27H,15H2,1-5H3/t20-,27+/m1/s1. The lowest BCUT2D eigenvalue weighted by atomic mass is 9.95. The molecule has 0 unspecified atom stereocenters. The maximum absolute atomic E-state index is 6.55. The lowest BCUT2D eigenvalue weighted by Gasteiger charge is -2.38. The highest BCUT2D eigenvalue weighted by Gasteiger charge is 2.42. The van der Waals surface area contributed by atoms with E-state index in [9.17, 15) is 0 Å². The zero-order chi connectivity index (χ0) is 24.5. The third-order valence-corrected chi connectivity index (χ3v) is 6.41. The zero-order valence-corrected chi connectivity index (χ0v) is 20.4. The molecule has 8 heteroatoms. The van der Waals surface area contributed by atoms with Crippen LogP contribution in [0.4, 0.5) is 0 Å². The van der Waals surface area contributed by atoms with Crippen molar-refractivity contribution in [2.75, 3.05) is 35.5 Å². The number of fused-ring (bicyclic) bond motifs is 3. The van der Waals surface area contributed by atoms with Crippen LogP contribution < -0.4 is 28.4 Å². The van der Waals surface area contributed by atoms with Crippen molar-refractivity contribution < 1.29 is 28.4 Å². The molecule has 0 spiro atoms. The van der Waals surface area contributed by atoms with Gasteiger partial charge in [0.2, 0.25) is 6.23 Å². The topological polar surface area (TPSA) is 71.0 Å². The molecular formula is C27H28N2O6. The van der Waals surface area contributed by atoms with Gasteiger partial charge in [0.05, 0.1) is 47.3 Å². The highest BCUT2D eigenvalue weighted by molar-refractivity contribution is 6.02. The van der Waals surface area contributed by atoms with E-state index in [-0.39, 0.29) is 6.04 Å². The SMILES string of the molecule is COc1ccc(C2=NN3[C@H](C2)c2cccc(OC)c2O[C@H]3c2ccc(OC)c(OC)c2)cc1OC. The lowest BCUT2D eigenvalue weighted by molar-refractivity contribution is -0.0210. The smallest absolute Gasteiger partial charge is 0.214 e. The third kappa shape index (κ3) is 3.84. The summed E-state index contributed by atoms with van der Waals surface area (Å²) in [5, 5.41) is 7.05. The third-order valence-electron chi connectivity index (χ3n) is 6.41. The Hall–Kier alpha value is -4.07. The van der Waals surface area contributed by atoms with Crippen molar-refractivity contribution in [3.63, 3.8) is 0 Å². The van der Waals surface area contributed by atoms with Crippen molar-refractivity contribution >= 4 is 5.71 Å². The van der Waals surface area contributed by atoms with Crippen LogP contribution in [0.15, 0.2) is 59.7 Å². The van der Waals surface area contributed by atoms with E-state index in [1.54, 1.807) is 35.5 Å². The summed E-state index contributed by atoms with van der Waals surface area (Å²) in [4.78, 5) is 0. The number of hydrogen-bond donors (Lipinski definition) is 0. The first kappa shape index (κ1) is 22.7. The lowest BCUT2D eigenvalue weighted by Crippen LogP contribution is -2.33. The molecule has 2 aliphatic heterocycles. The van der Waals surface area contributed by atoms with Gasteiger partial charge < -0.3 is 28.4 Å². The molecule has 0 radical (unpaired) electrons. The van der Waals surface area contributed by atoms with Crippen LogP contribution in [0.3, 0.4) is 0 Å². The number of benzene rings is 3. The van der Waals surface area contributed by atoms with E-state index in [4.69, 9.17) is 33.5 Å². The van der Waals surface area contributed by atoms with E-state index in [0.717, 1.165) is 28.2 Å². The summed E-state index contributed by atoms with van der Waals surface area (Å²) in [6, 6.07) is 17.5. The Morgan fingerprint density at radius 3 is 2.09 bits per heavy atom. The van der Waals surface area contributed by atoms with Crippen molar-refractivity contribution in [1.82, 2.24) is 5.01 Å². The van der Waals surface area contributed by atoms with Gasteiger partial charge in [0.15, 0.2) is 34.5 Å². The van der Waals surface area contributed by atoms with Crippen LogP contribution in [0.2, 0.25) is 0 Å². The Morgan fingerprint density at radius 2 is 1.40 bits per heavy atom. The van der Waals surface area contributed by atoms with E-state index in [1.807, 2.05) is 53.5 Å². The van der Waals surface area contributed by atoms with Gasteiger partial charge in [-0.25, -0.2) is 5.01 Å². The number of para-hydroxylation sites is 1. The molecule has 2 heterocycles. The summed E-state index contributed by atoms with van der Waals surface area (Å²) < 4.78 is 34.1. The van der Waals surface area contributed by atoms with Crippen molar-refractivity contribution in [2.24, 2.45) is 5.10 Å². The predicted molar refractivity (Wildman–Crippen MR) is 131 cm³/mol. The van der Waals surface area contributed by atoms with Crippen LogP contribution in [0.1, 0.15) is 35.4 Å². The molecule has 182 valence electrons. The zero-order valence-electron chi connectivity index (χ0n) is 20.4. The average molecular weight is 477 g/mol. The van der Waals surface area contributed by atoms with E-state index < -0.39 is 6.23 Å². The predicted octanol–water partition coefficient (Wildman–Crippen LogP) is 4.97. The highest BCUT2D eigenvalue weighted by Crippen LogP contribution is 2.51. The molecule has 35 heavy (non-hydrogen) atoms. The molecule has 0 N–H and O–H groups in total. The van der Waals surface area contributed by atoms with E-state index in [0.29, 0.717) is 35.2 Å². The van der Waals surface area contributed by atoms with Gasteiger partial charge in [-0.1, -0.05) is 12.1 Å². The summed E-state index contributed by atoms with van der Waals surface area (Å²) in [6.07, 6.45) is 0.212. The monoisotopic (exact) mass is 476 g/mol. The summed E-state index contributed by atoms with van der Waals surface area (Å²) in [5.41, 5.74) is 3.81. The molecule has 0 bridgehead atoms. The molecule has 0 fully saturated rings. The van der Waals surface area contributed by atoms with Crippen molar-refractivity contribution in [3.8, 4) is 34.5 Å². The van der Waals surface area contributed by atoms with Gasteiger partial charge in [0.1, 0.15) is 0 Å². The van der Waals surface area contributed by atoms with Gasteiger partial charge in [0.25, 0.3) is 0 Å². The first-order valence-corrected chi connectivity index (χ1v) is 11.3. The number of ether oxygens (including phenoxy) is 6. The summed E-state index contributed by atoms with van der Waals surface area (Å²) in [7, 11) is 8.14. The summed E-state index contributed by atoms with van der Waals surface area (Å²) in [5.74, 6) is 4.02. The largest absolute Gasteiger partial charge is 0.493 e. The first-order valence-electron chi connectivity index (χ1n) is 11.3. The van der Waals surface area contributed by atoms with Crippen LogP contribution in [0.25, 0.3) is 0 Å². The van der Waals surface area contributed by atoms with E-state index in [2.05, 4.69) is 6.07 Å². The van der Waals surface area contributed by atoms with E-state index in [1.165, 1.54) is 0 Å². The van der Waals surface area contributed by atoms with Crippen molar-refractivity contribution in [2.45, 2.75) is 18.7 Å². The van der Waals surface area contributed by atoms with Gasteiger partial charge >= 0.3 is 0 Å². The maximum atomic E-state index is 6.55. The minimum atomic E-state index is -0.485. The van der Waals surface area contributed by atoms with Crippen LogP contribution >= 0.6 is 0 Å². The molecular weight excluding hydrogens is 448 g/mol. The Balaban J connectivity index is 1.61. The minimum Gasteiger partial charge on any atom is -0.493 e. The molecule has 8 nitrogen and oxygen atoms in total. The molecule has 5 rings (SSSR count). The maximum Gasteiger partial charge on any atom is 0.214 e. The summed E-state index contributed by atoms with van der Waals surface area (Å²) >= 11 is 0. The molecule has 0 saturated heterocycles. The Kier molecular flexibility index (Phi) is 6.03. The fraction of sp³-hybridized carbons (Fsp3) is 0.296. The van der Waals surface area contributed by atoms with Gasteiger partial charge in [-0.3, -0.25) is 0 Å². The number of nitrogens with zero attached hydrogens (tertiary/aromatic N) is 2. The molecule has 2 atom stereocenters. The van der Waals surface area contributed by atoms with Crippen molar-refractivity contribution in [3.05, 3.63) is 71.3 Å². The van der Waals surface area contributed by atoms with Gasteiger partial charge in [0, 0.05) is 23.1 Å².